The Kier molecular flexibility index (Phi) is 1.28. The van der Waals surface area contributed by atoms with E-state index in [1.807, 2.05) is 16.5 Å². The summed E-state index contributed by atoms with van der Waals surface area (Å²) in [6.07, 6.45) is 5.04. The summed E-state index contributed by atoms with van der Waals surface area (Å²) in [4.78, 5) is 18.5. The molecule has 0 unspecified atom stereocenters. The maximum Gasteiger partial charge on any atom is 0.191 e. The average Bonchev–Trinajstić information content (AvgIpc) is 2.59. The number of fused-ring (bicyclic) bond motifs is 3. The Hall–Kier alpha value is -2.10. The summed E-state index contributed by atoms with van der Waals surface area (Å²) in [6, 6.07) is 5.25. The summed E-state index contributed by atoms with van der Waals surface area (Å²) < 4.78 is 1.86. The number of nitrogens with one attached hydrogen (secondary N) is 1. The molecule has 0 aromatic carbocycles. The minimum atomic E-state index is 0.0300. The Balaban J connectivity index is 2.70. The van der Waals surface area contributed by atoms with Gasteiger partial charge < -0.3 is 4.98 Å². The van der Waals surface area contributed by atoms with Gasteiger partial charge in [-0.2, -0.15) is 0 Å². The maximum atomic E-state index is 11.5. The first kappa shape index (κ1) is 7.32. The number of hydrogen-bond acceptors (Lipinski definition) is 2. The summed E-state index contributed by atoms with van der Waals surface area (Å²) >= 11 is 0. The van der Waals surface area contributed by atoms with Gasteiger partial charge in [0.1, 0.15) is 12.0 Å². The second kappa shape index (κ2) is 2.45. The van der Waals surface area contributed by atoms with Crippen LogP contribution in [-0.4, -0.2) is 14.4 Å². The zero-order valence-corrected chi connectivity index (χ0v) is 7.27. The van der Waals surface area contributed by atoms with Gasteiger partial charge in [0.25, 0.3) is 0 Å². The van der Waals surface area contributed by atoms with Crippen molar-refractivity contribution in [2.45, 2.75) is 0 Å². The first-order valence-electron chi connectivity index (χ1n) is 4.29. The lowest BCUT2D eigenvalue weighted by atomic mass is 10.3. The molecule has 68 valence electrons. The van der Waals surface area contributed by atoms with Crippen LogP contribution in [0, 0.1) is 0 Å². The molecule has 3 aromatic heterocycles. The van der Waals surface area contributed by atoms with Crippen molar-refractivity contribution in [3.05, 3.63) is 47.1 Å². The van der Waals surface area contributed by atoms with Gasteiger partial charge in [0.15, 0.2) is 5.43 Å². The molecule has 3 aromatic rings. The van der Waals surface area contributed by atoms with E-state index >= 15 is 0 Å². The van der Waals surface area contributed by atoms with Gasteiger partial charge in [-0.25, -0.2) is 4.98 Å². The highest BCUT2D eigenvalue weighted by Gasteiger charge is 2.03. The third-order valence-corrected chi connectivity index (χ3v) is 2.30. The Morgan fingerprint density at radius 2 is 2.29 bits per heavy atom. The number of hydrogen-bond donors (Lipinski definition) is 1. The molecule has 14 heavy (non-hydrogen) atoms. The van der Waals surface area contributed by atoms with Crippen LogP contribution in [0.2, 0.25) is 0 Å². The van der Waals surface area contributed by atoms with Crippen LogP contribution in [0.5, 0.6) is 0 Å². The van der Waals surface area contributed by atoms with Gasteiger partial charge in [0.2, 0.25) is 0 Å². The van der Waals surface area contributed by atoms with Crippen molar-refractivity contribution in [2.24, 2.45) is 0 Å². The van der Waals surface area contributed by atoms with E-state index in [4.69, 9.17) is 0 Å². The van der Waals surface area contributed by atoms with E-state index < -0.39 is 0 Å². The Morgan fingerprint density at radius 3 is 3.21 bits per heavy atom. The van der Waals surface area contributed by atoms with Gasteiger partial charge in [-0.15, -0.1) is 0 Å². The van der Waals surface area contributed by atoms with Crippen molar-refractivity contribution in [3.8, 4) is 0 Å². The van der Waals surface area contributed by atoms with E-state index in [2.05, 4.69) is 9.97 Å². The third kappa shape index (κ3) is 0.821. The van der Waals surface area contributed by atoms with Crippen molar-refractivity contribution in [1.82, 2.24) is 14.4 Å². The molecular weight excluding hydrogens is 178 g/mol. The summed E-state index contributed by atoms with van der Waals surface area (Å²) in [7, 11) is 0. The van der Waals surface area contributed by atoms with Crippen molar-refractivity contribution < 1.29 is 0 Å². The molecule has 0 radical (unpaired) electrons. The minimum Gasteiger partial charge on any atom is -0.347 e. The molecule has 0 aliphatic carbocycles. The van der Waals surface area contributed by atoms with E-state index in [0.29, 0.717) is 5.39 Å². The molecule has 0 aliphatic rings. The predicted molar refractivity (Wildman–Crippen MR) is 53.3 cm³/mol. The van der Waals surface area contributed by atoms with Crippen LogP contribution in [0.3, 0.4) is 0 Å². The van der Waals surface area contributed by atoms with Crippen LogP contribution in [-0.2, 0) is 0 Å². The molecule has 0 spiro atoms. The molecule has 1 N–H and O–H groups in total. The zero-order valence-electron chi connectivity index (χ0n) is 7.27. The number of nitrogens with zero attached hydrogens (tertiary/aromatic N) is 2. The molecule has 0 aliphatic heterocycles. The van der Waals surface area contributed by atoms with Crippen LogP contribution < -0.4 is 5.43 Å². The number of pyridine rings is 1. The van der Waals surface area contributed by atoms with Gasteiger partial charge in [0, 0.05) is 18.5 Å². The zero-order chi connectivity index (χ0) is 9.54. The monoisotopic (exact) mass is 185 g/mol. The molecule has 0 amide bonds. The van der Waals surface area contributed by atoms with Crippen LogP contribution in [0.4, 0.5) is 0 Å². The van der Waals surface area contributed by atoms with Crippen LogP contribution in [0.15, 0.2) is 41.7 Å². The summed E-state index contributed by atoms with van der Waals surface area (Å²) in [5.74, 6) is 0. The van der Waals surface area contributed by atoms with Crippen molar-refractivity contribution in [1.29, 1.82) is 0 Å². The summed E-state index contributed by atoms with van der Waals surface area (Å²) in [5.41, 5.74) is 1.79. The molecule has 3 rings (SSSR count). The topological polar surface area (TPSA) is 50.2 Å². The lowest BCUT2D eigenvalue weighted by Gasteiger charge is -1.93. The largest absolute Gasteiger partial charge is 0.347 e. The standard InChI is InChI=1S/C10H7N3O/c14-9-2-4-12-10-8(9)5-7-1-3-11-6-13(7)10/h1-6H,(H,12,14). The molecule has 0 atom stereocenters. The lowest BCUT2D eigenvalue weighted by Crippen LogP contribution is -1.98. The summed E-state index contributed by atoms with van der Waals surface area (Å²) in [6.45, 7) is 0. The number of rotatable bonds is 0. The molecule has 4 heteroatoms. The molecule has 3 heterocycles. The minimum absolute atomic E-state index is 0.0300. The Labute approximate surface area is 78.8 Å². The van der Waals surface area contributed by atoms with E-state index in [1.165, 1.54) is 6.07 Å². The van der Waals surface area contributed by atoms with Gasteiger partial charge in [-0.1, -0.05) is 0 Å². The van der Waals surface area contributed by atoms with Crippen LogP contribution in [0.25, 0.3) is 16.6 Å². The molecule has 0 saturated carbocycles. The highest BCUT2D eigenvalue weighted by Crippen LogP contribution is 2.13. The maximum absolute atomic E-state index is 11.5. The number of H-pyrrole nitrogens is 1. The lowest BCUT2D eigenvalue weighted by molar-refractivity contribution is 1.10. The first-order valence-corrected chi connectivity index (χ1v) is 4.29. The normalized spacial score (nSPS) is 11.1. The quantitative estimate of drug-likeness (QED) is 0.571. The van der Waals surface area contributed by atoms with Gasteiger partial charge >= 0.3 is 0 Å². The second-order valence-corrected chi connectivity index (χ2v) is 3.12. The highest BCUT2D eigenvalue weighted by molar-refractivity contribution is 5.83. The predicted octanol–water partition coefficient (Wildman–Crippen LogP) is 1.18. The fraction of sp³-hybridized carbons (Fsp3) is 0. The highest BCUT2D eigenvalue weighted by atomic mass is 16.1. The van der Waals surface area contributed by atoms with E-state index in [0.717, 1.165) is 11.2 Å². The molecular formula is C10H7N3O. The number of aromatic nitrogens is 3. The van der Waals surface area contributed by atoms with Gasteiger partial charge in [0.05, 0.1) is 10.9 Å². The molecule has 4 nitrogen and oxygen atoms in total. The molecule has 0 fully saturated rings. The van der Waals surface area contributed by atoms with Crippen LogP contribution >= 0.6 is 0 Å². The summed E-state index contributed by atoms with van der Waals surface area (Å²) in [5, 5.41) is 0.695. The first-order chi connectivity index (χ1) is 6.86. The van der Waals surface area contributed by atoms with Gasteiger partial charge in [-0.3, -0.25) is 9.20 Å². The smallest absolute Gasteiger partial charge is 0.191 e. The third-order valence-electron chi connectivity index (χ3n) is 2.30. The van der Waals surface area contributed by atoms with Crippen molar-refractivity contribution >= 4 is 16.6 Å². The fourth-order valence-corrected chi connectivity index (χ4v) is 1.64. The Morgan fingerprint density at radius 1 is 1.36 bits per heavy atom. The fourth-order valence-electron chi connectivity index (χ4n) is 1.64. The Bertz CT molecular complexity index is 665. The van der Waals surface area contributed by atoms with E-state index in [-0.39, 0.29) is 5.43 Å². The SMILES string of the molecule is O=c1cc[nH]c2c1cc1ccncn12. The number of aromatic amines is 1. The van der Waals surface area contributed by atoms with Crippen molar-refractivity contribution in [3.63, 3.8) is 0 Å². The second-order valence-electron chi connectivity index (χ2n) is 3.12. The van der Waals surface area contributed by atoms with E-state index in [1.54, 1.807) is 18.7 Å². The molecule has 0 bridgehead atoms. The molecule has 0 saturated heterocycles. The van der Waals surface area contributed by atoms with Gasteiger partial charge in [-0.05, 0) is 12.1 Å². The van der Waals surface area contributed by atoms with E-state index in [9.17, 15) is 4.79 Å². The van der Waals surface area contributed by atoms with Crippen LogP contribution in [0.1, 0.15) is 0 Å². The average molecular weight is 185 g/mol. The van der Waals surface area contributed by atoms with Crippen molar-refractivity contribution in [2.75, 3.05) is 0 Å².